The molecule has 2 N–H and O–H groups in total. The van der Waals surface area contributed by atoms with Gasteiger partial charge in [-0.3, -0.25) is 4.79 Å². The zero-order valence-electron chi connectivity index (χ0n) is 8.25. The van der Waals surface area contributed by atoms with Crippen LogP contribution in [-0.4, -0.2) is 23.7 Å². The van der Waals surface area contributed by atoms with Crippen LogP contribution in [0.1, 0.15) is 39.0 Å². The smallest absolute Gasteiger partial charge is 0.303 e. The van der Waals surface area contributed by atoms with E-state index in [9.17, 15) is 4.79 Å². The van der Waals surface area contributed by atoms with Crippen LogP contribution in [0, 0.1) is 5.92 Å². The summed E-state index contributed by atoms with van der Waals surface area (Å²) in [5, 5.41) is 11.8. The number of aliphatic carboxylic acids is 1. The third-order valence-corrected chi connectivity index (χ3v) is 2.89. The molecule has 0 aromatic heterocycles. The highest BCUT2D eigenvalue weighted by molar-refractivity contribution is 5.66. The summed E-state index contributed by atoms with van der Waals surface area (Å²) < 4.78 is 0. The van der Waals surface area contributed by atoms with Crippen molar-refractivity contribution in [2.24, 2.45) is 5.92 Å². The monoisotopic (exact) mass is 185 g/mol. The largest absolute Gasteiger partial charge is 0.481 e. The van der Waals surface area contributed by atoms with Crippen molar-refractivity contribution in [1.82, 2.24) is 5.32 Å². The molecule has 1 fully saturated rings. The number of carbonyl (C=O) groups is 1. The van der Waals surface area contributed by atoms with Crippen LogP contribution < -0.4 is 5.32 Å². The second-order valence-electron chi connectivity index (χ2n) is 3.93. The van der Waals surface area contributed by atoms with Crippen molar-refractivity contribution in [3.8, 4) is 0 Å². The number of carboxylic acid groups (broad SMARTS) is 1. The number of hydrogen-bond donors (Lipinski definition) is 2. The highest BCUT2D eigenvalue weighted by Gasteiger charge is 2.22. The lowest BCUT2D eigenvalue weighted by Crippen LogP contribution is -2.37. The minimum atomic E-state index is -0.696. The van der Waals surface area contributed by atoms with Gasteiger partial charge in [0.25, 0.3) is 0 Å². The lowest BCUT2D eigenvalue weighted by atomic mass is 9.80. The molecule has 0 aliphatic heterocycles. The Morgan fingerprint density at radius 3 is 2.77 bits per heavy atom. The Balaban J connectivity index is 1.95. The average molecular weight is 185 g/mol. The lowest BCUT2D eigenvalue weighted by Gasteiger charge is -2.32. The van der Waals surface area contributed by atoms with Crippen LogP contribution in [0.2, 0.25) is 0 Å². The van der Waals surface area contributed by atoms with Gasteiger partial charge in [-0.1, -0.05) is 6.42 Å². The van der Waals surface area contributed by atoms with Gasteiger partial charge in [0.05, 0.1) is 0 Å². The first-order chi connectivity index (χ1) is 6.20. The lowest BCUT2D eigenvalue weighted by molar-refractivity contribution is -0.137. The Kier molecular flexibility index (Phi) is 4.22. The molecule has 1 unspecified atom stereocenters. The van der Waals surface area contributed by atoms with Gasteiger partial charge in [0, 0.05) is 12.5 Å². The summed E-state index contributed by atoms with van der Waals surface area (Å²) in [7, 11) is 0. The average Bonchev–Trinajstić information content (AvgIpc) is 1.94. The Labute approximate surface area is 79.5 Å². The van der Waals surface area contributed by atoms with Crippen molar-refractivity contribution in [3.63, 3.8) is 0 Å². The molecule has 0 amide bonds. The molecule has 1 aliphatic carbocycles. The number of hydrogen-bond acceptors (Lipinski definition) is 2. The summed E-state index contributed by atoms with van der Waals surface area (Å²) in [6, 6.07) is 0.572. The molecule has 0 aromatic rings. The van der Waals surface area contributed by atoms with E-state index in [2.05, 4.69) is 12.2 Å². The summed E-state index contributed by atoms with van der Waals surface area (Å²) in [6.07, 6.45) is 5.07. The van der Waals surface area contributed by atoms with Gasteiger partial charge in [-0.15, -0.1) is 0 Å². The Morgan fingerprint density at radius 1 is 1.62 bits per heavy atom. The third kappa shape index (κ3) is 3.77. The van der Waals surface area contributed by atoms with E-state index >= 15 is 0 Å². The van der Waals surface area contributed by atoms with Crippen molar-refractivity contribution in [2.45, 2.75) is 45.1 Å². The van der Waals surface area contributed by atoms with Crippen LogP contribution >= 0.6 is 0 Å². The van der Waals surface area contributed by atoms with Crippen LogP contribution in [0.25, 0.3) is 0 Å². The quantitative estimate of drug-likeness (QED) is 0.618. The van der Waals surface area contributed by atoms with E-state index in [4.69, 9.17) is 5.11 Å². The topological polar surface area (TPSA) is 49.3 Å². The van der Waals surface area contributed by atoms with E-state index in [1.54, 1.807) is 0 Å². The first-order valence-corrected chi connectivity index (χ1v) is 5.15. The van der Waals surface area contributed by atoms with E-state index in [1.165, 1.54) is 19.3 Å². The van der Waals surface area contributed by atoms with Crippen molar-refractivity contribution in [1.29, 1.82) is 0 Å². The second kappa shape index (κ2) is 5.22. The zero-order chi connectivity index (χ0) is 9.68. The molecule has 1 saturated carbocycles. The van der Waals surface area contributed by atoms with Crippen LogP contribution in [0.15, 0.2) is 0 Å². The standard InChI is InChI=1S/C10H19NO2/c1-8(9-4-2-5-9)11-7-3-6-10(12)13/h8-9,11H,2-7H2,1H3,(H,12,13). The number of carboxylic acids is 1. The predicted octanol–water partition coefficient (Wildman–Crippen LogP) is 1.63. The third-order valence-electron chi connectivity index (χ3n) is 2.89. The molecule has 1 rings (SSSR count). The van der Waals surface area contributed by atoms with Crippen LogP contribution in [0.3, 0.4) is 0 Å². The van der Waals surface area contributed by atoms with Crippen molar-refractivity contribution in [2.75, 3.05) is 6.54 Å². The maximum absolute atomic E-state index is 10.2. The SMILES string of the molecule is CC(NCCCC(=O)O)C1CCC1. The molecule has 1 atom stereocenters. The van der Waals surface area contributed by atoms with Gasteiger partial charge in [-0.05, 0) is 38.6 Å². The molecular weight excluding hydrogens is 166 g/mol. The molecular formula is C10H19NO2. The fourth-order valence-electron chi connectivity index (χ4n) is 1.68. The normalized spacial score (nSPS) is 19.5. The molecule has 0 saturated heterocycles. The van der Waals surface area contributed by atoms with Gasteiger partial charge in [-0.25, -0.2) is 0 Å². The Morgan fingerprint density at radius 2 is 2.31 bits per heavy atom. The van der Waals surface area contributed by atoms with Gasteiger partial charge in [-0.2, -0.15) is 0 Å². The highest BCUT2D eigenvalue weighted by atomic mass is 16.4. The number of nitrogens with one attached hydrogen (secondary N) is 1. The van der Waals surface area contributed by atoms with Gasteiger partial charge >= 0.3 is 5.97 Å². The molecule has 0 bridgehead atoms. The van der Waals surface area contributed by atoms with Crippen molar-refractivity contribution < 1.29 is 9.90 Å². The van der Waals surface area contributed by atoms with Crippen molar-refractivity contribution in [3.05, 3.63) is 0 Å². The maximum Gasteiger partial charge on any atom is 0.303 e. The predicted molar refractivity (Wildman–Crippen MR) is 51.7 cm³/mol. The van der Waals surface area contributed by atoms with E-state index in [0.29, 0.717) is 6.04 Å². The summed E-state index contributed by atoms with van der Waals surface area (Å²) in [6.45, 7) is 3.04. The minimum Gasteiger partial charge on any atom is -0.481 e. The molecule has 0 radical (unpaired) electrons. The molecule has 0 heterocycles. The van der Waals surface area contributed by atoms with Crippen LogP contribution in [-0.2, 0) is 4.79 Å². The Hall–Kier alpha value is -0.570. The van der Waals surface area contributed by atoms with Crippen LogP contribution in [0.4, 0.5) is 0 Å². The summed E-state index contributed by atoms with van der Waals surface area (Å²) in [5.41, 5.74) is 0. The molecule has 1 aliphatic rings. The zero-order valence-corrected chi connectivity index (χ0v) is 8.25. The fraction of sp³-hybridized carbons (Fsp3) is 0.900. The molecule has 13 heavy (non-hydrogen) atoms. The highest BCUT2D eigenvalue weighted by Crippen LogP contribution is 2.29. The summed E-state index contributed by atoms with van der Waals surface area (Å²) in [5.74, 6) is 0.142. The van der Waals surface area contributed by atoms with Gasteiger partial charge in [0.15, 0.2) is 0 Å². The Bertz CT molecular complexity index is 166. The van der Waals surface area contributed by atoms with Gasteiger partial charge in [0.1, 0.15) is 0 Å². The summed E-state index contributed by atoms with van der Waals surface area (Å²) >= 11 is 0. The van der Waals surface area contributed by atoms with E-state index < -0.39 is 5.97 Å². The fourth-order valence-corrected chi connectivity index (χ4v) is 1.68. The molecule has 0 spiro atoms. The van der Waals surface area contributed by atoms with E-state index in [1.807, 2.05) is 0 Å². The molecule has 0 aromatic carbocycles. The van der Waals surface area contributed by atoms with Gasteiger partial charge in [0.2, 0.25) is 0 Å². The van der Waals surface area contributed by atoms with E-state index in [0.717, 1.165) is 18.9 Å². The van der Waals surface area contributed by atoms with Gasteiger partial charge < -0.3 is 10.4 Å². The van der Waals surface area contributed by atoms with Crippen LogP contribution in [0.5, 0.6) is 0 Å². The van der Waals surface area contributed by atoms with Crippen molar-refractivity contribution >= 4 is 5.97 Å². The summed E-state index contributed by atoms with van der Waals surface area (Å²) in [4.78, 5) is 10.2. The molecule has 76 valence electrons. The van der Waals surface area contributed by atoms with E-state index in [-0.39, 0.29) is 6.42 Å². The molecule has 3 nitrogen and oxygen atoms in total. The molecule has 3 heteroatoms. The number of rotatable bonds is 6. The second-order valence-corrected chi connectivity index (χ2v) is 3.93. The minimum absolute atomic E-state index is 0.282. The first kappa shape index (κ1) is 10.5. The first-order valence-electron chi connectivity index (χ1n) is 5.15. The maximum atomic E-state index is 10.2.